The molecule has 1 heteroatoms. The highest BCUT2D eigenvalue weighted by atomic mass is 16.5. The van der Waals surface area contributed by atoms with Gasteiger partial charge in [-0.25, -0.2) is 0 Å². The summed E-state index contributed by atoms with van der Waals surface area (Å²) in [7, 11) is 0. The maximum absolute atomic E-state index is 5.80. The number of aryl methyl sites for hydroxylation is 1. The Balaban J connectivity index is 1.55. The largest absolute Gasteiger partial charge is 0.490 e. The third-order valence-corrected chi connectivity index (χ3v) is 6.28. The van der Waals surface area contributed by atoms with Crippen LogP contribution in [-0.2, 0) is 12.8 Å². The van der Waals surface area contributed by atoms with Crippen LogP contribution in [0.4, 0.5) is 0 Å². The third kappa shape index (κ3) is 4.43. The van der Waals surface area contributed by atoms with E-state index in [4.69, 9.17) is 4.74 Å². The quantitative estimate of drug-likeness (QED) is 0.553. The summed E-state index contributed by atoms with van der Waals surface area (Å²) in [5, 5.41) is 0. The molecular formula is C23H34O. The Kier molecular flexibility index (Phi) is 6.40. The van der Waals surface area contributed by atoms with Gasteiger partial charge in [0.05, 0.1) is 0 Å². The monoisotopic (exact) mass is 326 g/mol. The van der Waals surface area contributed by atoms with E-state index < -0.39 is 0 Å². The van der Waals surface area contributed by atoms with Crippen LogP contribution in [0.5, 0.6) is 5.75 Å². The first-order valence-electron chi connectivity index (χ1n) is 10.2. The second kappa shape index (κ2) is 8.74. The number of allylic oxidation sites excluding steroid dienone is 1. The van der Waals surface area contributed by atoms with Crippen molar-refractivity contribution in [3.05, 3.63) is 41.5 Å². The van der Waals surface area contributed by atoms with Gasteiger partial charge in [0, 0.05) is 0 Å². The zero-order chi connectivity index (χ0) is 16.8. The van der Waals surface area contributed by atoms with Crippen LogP contribution in [0.15, 0.2) is 30.4 Å². The zero-order valence-electron chi connectivity index (χ0n) is 15.6. The molecule has 0 heterocycles. The Morgan fingerprint density at radius 1 is 1.04 bits per heavy atom. The summed E-state index contributed by atoms with van der Waals surface area (Å²) in [5.41, 5.74) is 3.12. The van der Waals surface area contributed by atoms with Gasteiger partial charge in [-0.3, -0.25) is 0 Å². The predicted molar refractivity (Wildman–Crippen MR) is 103 cm³/mol. The fourth-order valence-corrected chi connectivity index (χ4v) is 4.85. The molecule has 0 amide bonds. The van der Waals surface area contributed by atoms with Crippen molar-refractivity contribution in [2.45, 2.75) is 71.6 Å². The van der Waals surface area contributed by atoms with Crippen molar-refractivity contribution < 1.29 is 4.74 Å². The van der Waals surface area contributed by atoms with Crippen LogP contribution in [0.3, 0.4) is 0 Å². The number of benzene rings is 1. The first-order chi connectivity index (χ1) is 11.8. The lowest BCUT2D eigenvalue weighted by molar-refractivity contribution is 0.184. The Bertz CT molecular complexity index is 537. The summed E-state index contributed by atoms with van der Waals surface area (Å²) in [4.78, 5) is 0. The molecule has 0 aromatic heterocycles. The Morgan fingerprint density at radius 2 is 1.88 bits per heavy atom. The van der Waals surface area contributed by atoms with Crippen LogP contribution < -0.4 is 4.74 Å². The van der Waals surface area contributed by atoms with Crippen LogP contribution in [0.25, 0.3) is 0 Å². The molecule has 3 rings (SSSR count). The van der Waals surface area contributed by atoms with Gasteiger partial charge in [-0.2, -0.15) is 0 Å². The number of rotatable bonds is 6. The van der Waals surface area contributed by atoms with Crippen LogP contribution in [0, 0.1) is 17.8 Å². The highest BCUT2D eigenvalue weighted by Crippen LogP contribution is 2.41. The second-order valence-corrected chi connectivity index (χ2v) is 7.88. The van der Waals surface area contributed by atoms with E-state index in [2.05, 4.69) is 31.2 Å². The number of hydrogen-bond acceptors (Lipinski definition) is 1. The summed E-state index contributed by atoms with van der Waals surface area (Å²) in [6.45, 7) is 5.05. The highest BCUT2D eigenvalue weighted by molar-refractivity contribution is 5.37. The van der Waals surface area contributed by atoms with Crippen molar-refractivity contribution in [1.29, 1.82) is 0 Å². The average Bonchev–Trinajstić information content (AvgIpc) is 2.62. The maximum atomic E-state index is 5.80. The average molecular weight is 327 g/mol. The summed E-state index contributed by atoms with van der Waals surface area (Å²) >= 11 is 0. The van der Waals surface area contributed by atoms with Crippen LogP contribution in [0.2, 0.25) is 0 Å². The summed E-state index contributed by atoms with van der Waals surface area (Å²) in [5.74, 6) is 3.97. The fraction of sp³-hybridized carbons (Fsp3) is 0.652. The van der Waals surface area contributed by atoms with E-state index in [0.29, 0.717) is 6.61 Å². The lowest BCUT2D eigenvalue weighted by Crippen LogP contribution is -2.26. The molecule has 1 nitrogen and oxygen atoms in total. The molecule has 24 heavy (non-hydrogen) atoms. The molecule has 0 spiro atoms. The fourth-order valence-electron chi connectivity index (χ4n) is 4.85. The molecule has 1 aromatic carbocycles. The molecular weight excluding hydrogens is 292 g/mol. The smallest absolute Gasteiger partial charge is 0.120 e. The van der Waals surface area contributed by atoms with E-state index in [-0.39, 0.29) is 0 Å². The Hall–Kier alpha value is -1.24. The highest BCUT2D eigenvalue weighted by Gasteiger charge is 2.29. The van der Waals surface area contributed by atoms with Crippen LogP contribution in [-0.4, -0.2) is 6.61 Å². The summed E-state index contributed by atoms with van der Waals surface area (Å²) < 4.78 is 5.80. The van der Waals surface area contributed by atoms with Gasteiger partial charge >= 0.3 is 0 Å². The lowest BCUT2D eigenvalue weighted by Gasteiger charge is -2.36. The molecule has 1 atom stereocenters. The SMILES string of the molecule is CC=CCOc1ccc2c(c1)CCC(C1CCC(CCC)CC1)C2. The van der Waals surface area contributed by atoms with Crippen molar-refractivity contribution >= 4 is 0 Å². The van der Waals surface area contributed by atoms with Crippen molar-refractivity contribution in [2.24, 2.45) is 17.8 Å². The van der Waals surface area contributed by atoms with Crippen molar-refractivity contribution in [2.75, 3.05) is 6.61 Å². The zero-order valence-corrected chi connectivity index (χ0v) is 15.6. The standard InChI is InChI=1S/C23H34O/c1-3-5-15-24-23-14-13-21-16-20(11-12-22(21)17-23)19-9-7-18(6-4-2)8-10-19/h3,5,13-14,17-20H,4,6-12,15-16H2,1-2H3. The molecule has 1 unspecified atom stereocenters. The normalized spacial score (nSPS) is 27.2. The molecule has 1 aromatic rings. The van der Waals surface area contributed by atoms with Gasteiger partial charge < -0.3 is 4.74 Å². The van der Waals surface area contributed by atoms with Gasteiger partial charge in [-0.15, -0.1) is 0 Å². The molecule has 0 N–H and O–H groups in total. The third-order valence-electron chi connectivity index (χ3n) is 6.28. The molecule has 0 saturated heterocycles. The van der Waals surface area contributed by atoms with Gasteiger partial charge in [0.2, 0.25) is 0 Å². The molecule has 0 radical (unpaired) electrons. The van der Waals surface area contributed by atoms with Gasteiger partial charge in [-0.05, 0) is 80.0 Å². The topological polar surface area (TPSA) is 9.23 Å². The molecule has 1 fully saturated rings. The van der Waals surface area contributed by atoms with Gasteiger partial charge in [-0.1, -0.05) is 50.8 Å². The van der Waals surface area contributed by atoms with Crippen LogP contribution in [0.1, 0.15) is 69.9 Å². The number of ether oxygens (including phenoxy) is 1. The maximum Gasteiger partial charge on any atom is 0.120 e. The first kappa shape index (κ1) is 17.6. The van der Waals surface area contributed by atoms with Gasteiger partial charge in [0.15, 0.2) is 0 Å². The molecule has 132 valence electrons. The van der Waals surface area contributed by atoms with E-state index in [9.17, 15) is 0 Å². The summed E-state index contributed by atoms with van der Waals surface area (Å²) in [6, 6.07) is 6.78. The van der Waals surface area contributed by atoms with Gasteiger partial charge in [0.25, 0.3) is 0 Å². The molecule has 1 saturated carbocycles. The Labute approximate surface area is 148 Å². The van der Waals surface area contributed by atoms with Crippen molar-refractivity contribution in [3.8, 4) is 5.75 Å². The van der Waals surface area contributed by atoms with Crippen molar-refractivity contribution in [3.63, 3.8) is 0 Å². The predicted octanol–water partition coefficient (Wildman–Crippen LogP) is 6.35. The molecule has 2 aliphatic rings. The molecule has 0 bridgehead atoms. The van der Waals surface area contributed by atoms with E-state index in [1.54, 1.807) is 5.56 Å². The first-order valence-corrected chi connectivity index (χ1v) is 10.2. The van der Waals surface area contributed by atoms with E-state index >= 15 is 0 Å². The van der Waals surface area contributed by atoms with E-state index in [0.717, 1.165) is 23.5 Å². The van der Waals surface area contributed by atoms with E-state index in [1.807, 2.05) is 13.0 Å². The minimum absolute atomic E-state index is 0.679. The summed E-state index contributed by atoms with van der Waals surface area (Å²) in [6.07, 6.45) is 16.8. The molecule has 2 aliphatic carbocycles. The number of fused-ring (bicyclic) bond motifs is 1. The number of hydrogen-bond donors (Lipinski definition) is 0. The van der Waals surface area contributed by atoms with Crippen molar-refractivity contribution in [1.82, 2.24) is 0 Å². The van der Waals surface area contributed by atoms with E-state index in [1.165, 1.54) is 63.4 Å². The lowest BCUT2D eigenvalue weighted by atomic mass is 9.69. The molecule has 0 aliphatic heterocycles. The second-order valence-electron chi connectivity index (χ2n) is 7.88. The Morgan fingerprint density at radius 3 is 2.62 bits per heavy atom. The van der Waals surface area contributed by atoms with Gasteiger partial charge in [0.1, 0.15) is 12.4 Å². The minimum Gasteiger partial charge on any atom is -0.490 e. The van der Waals surface area contributed by atoms with Crippen LogP contribution >= 0.6 is 0 Å². The minimum atomic E-state index is 0.679.